The number of methoxy groups -OCH3 is 2. The third-order valence-electron chi connectivity index (χ3n) is 4.41. The third-order valence-corrected chi connectivity index (χ3v) is 4.65. The molecule has 0 radical (unpaired) electrons. The summed E-state index contributed by atoms with van der Waals surface area (Å²) >= 11 is 5.93. The van der Waals surface area contributed by atoms with E-state index in [1.54, 1.807) is 54.6 Å². The number of hydrogen-bond donors (Lipinski definition) is 3. The highest BCUT2D eigenvalue weighted by Gasteiger charge is 2.15. The molecule has 0 atom stereocenters. The van der Waals surface area contributed by atoms with Crippen LogP contribution in [0.1, 0.15) is 31.1 Å². The first-order chi connectivity index (χ1) is 15.4. The summed E-state index contributed by atoms with van der Waals surface area (Å²) in [6.45, 7) is 0. The van der Waals surface area contributed by atoms with Gasteiger partial charge in [-0.05, 0) is 54.6 Å². The number of ether oxygens (including phenoxy) is 2. The first kappa shape index (κ1) is 22.6. The standard InChI is InChI=1S/C23H20ClN3O5/c1-31-18-8-4-6-15(12-18)21(28)25-17-7-3-5-14(11-17)22(29)26-27-23(30)19-13-16(24)9-10-20(19)32-2/h3-13H,1-2H3,(H,25,28)(H,26,29)(H,27,30). The fourth-order valence-electron chi connectivity index (χ4n) is 2.82. The molecule has 3 aromatic carbocycles. The van der Waals surface area contributed by atoms with E-state index in [0.717, 1.165) is 0 Å². The van der Waals surface area contributed by atoms with Gasteiger partial charge >= 0.3 is 0 Å². The topological polar surface area (TPSA) is 106 Å². The van der Waals surface area contributed by atoms with Crippen molar-refractivity contribution in [1.29, 1.82) is 0 Å². The predicted molar refractivity (Wildman–Crippen MR) is 120 cm³/mol. The Bertz CT molecular complexity index is 1170. The average Bonchev–Trinajstić information content (AvgIpc) is 2.82. The minimum absolute atomic E-state index is 0.166. The molecule has 0 saturated carbocycles. The van der Waals surface area contributed by atoms with Crippen LogP contribution in [0.5, 0.6) is 11.5 Å². The largest absolute Gasteiger partial charge is 0.497 e. The normalized spacial score (nSPS) is 10.1. The number of hydrazine groups is 1. The van der Waals surface area contributed by atoms with Crippen LogP contribution in [0.15, 0.2) is 66.7 Å². The van der Waals surface area contributed by atoms with Crippen molar-refractivity contribution in [3.8, 4) is 11.5 Å². The molecule has 3 rings (SSSR count). The van der Waals surface area contributed by atoms with Crippen LogP contribution in [-0.2, 0) is 0 Å². The number of hydrogen-bond acceptors (Lipinski definition) is 5. The van der Waals surface area contributed by atoms with Gasteiger partial charge in [-0.25, -0.2) is 0 Å². The van der Waals surface area contributed by atoms with Gasteiger partial charge in [-0.15, -0.1) is 0 Å². The number of halogens is 1. The average molecular weight is 454 g/mol. The molecule has 3 amide bonds. The van der Waals surface area contributed by atoms with Crippen LogP contribution in [0.3, 0.4) is 0 Å². The van der Waals surface area contributed by atoms with Gasteiger partial charge in [-0.3, -0.25) is 25.2 Å². The van der Waals surface area contributed by atoms with Crippen molar-refractivity contribution in [2.75, 3.05) is 19.5 Å². The lowest BCUT2D eigenvalue weighted by Crippen LogP contribution is -2.41. The van der Waals surface area contributed by atoms with Gasteiger partial charge in [-0.2, -0.15) is 0 Å². The molecule has 0 aliphatic rings. The molecule has 0 aromatic heterocycles. The highest BCUT2D eigenvalue weighted by atomic mass is 35.5. The van der Waals surface area contributed by atoms with Crippen LogP contribution in [0.2, 0.25) is 5.02 Å². The summed E-state index contributed by atoms with van der Waals surface area (Å²) in [5.74, 6) is -0.666. The van der Waals surface area contributed by atoms with Gasteiger partial charge in [0.15, 0.2) is 0 Å². The summed E-state index contributed by atoms with van der Waals surface area (Å²) in [4.78, 5) is 37.4. The van der Waals surface area contributed by atoms with Gasteiger partial charge < -0.3 is 14.8 Å². The van der Waals surface area contributed by atoms with E-state index < -0.39 is 11.8 Å². The molecule has 0 spiro atoms. The quantitative estimate of drug-likeness (QED) is 0.494. The minimum atomic E-state index is -0.597. The van der Waals surface area contributed by atoms with Crippen molar-refractivity contribution >= 4 is 35.0 Å². The molecule has 32 heavy (non-hydrogen) atoms. The van der Waals surface area contributed by atoms with Crippen molar-refractivity contribution in [3.63, 3.8) is 0 Å². The molecular formula is C23H20ClN3O5. The maximum atomic E-state index is 12.5. The Labute approximate surface area is 189 Å². The number of carbonyl (C=O) groups is 3. The van der Waals surface area contributed by atoms with E-state index in [1.807, 2.05) is 0 Å². The Kier molecular flexibility index (Phi) is 7.30. The van der Waals surface area contributed by atoms with Crippen LogP contribution >= 0.6 is 11.6 Å². The van der Waals surface area contributed by atoms with Crippen LogP contribution in [0.25, 0.3) is 0 Å². The Morgan fingerprint density at radius 1 is 0.750 bits per heavy atom. The molecule has 0 aliphatic carbocycles. The van der Waals surface area contributed by atoms with Crippen LogP contribution in [-0.4, -0.2) is 31.9 Å². The molecule has 0 saturated heterocycles. The van der Waals surface area contributed by atoms with E-state index in [9.17, 15) is 14.4 Å². The maximum absolute atomic E-state index is 12.5. The molecule has 9 heteroatoms. The highest BCUT2D eigenvalue weighted by molar-refractivity contribution is 6.31. The van der Waals surface area contributed by atoms with Crippen LogP contribution in [0.4, 0.5) is 5.69 Å². The Balaban J connectivity index is 1.66. The Morgan fingerprint density at radius 2 is 1.44 bits per heavy atom. The summed E-state index contributed by atoms with van der Waals surface area (Å²) in [5.41, 5.74) is 5.86. The molecule has 0 bridgehead atoms. The molecule has 0 unspecified atom stereocenters. The molecule has 0 aliphatic heterocycles. The fourth-order valence-corrected chi connectivity index (χ4v) is 2.99. The molecule has 8 nitrogen and oxygen atoms in total. The summed E-state index contributed by atoms with van der Waals surface area (Å²) in [5, 5.41) is 3.07. The summed E-state index contributed by atoms with van der Waals surface area (Å²) in [7, 11) is 2.93. The zero-order valence-corrected chi connectivity index (χ0v) is 18.0. The van der Waals surface area contributed by atoms with Crippen molar-refractivity contribution < 1.29 is 23.9 Å². The molecule has 0 fully saturated rings. The van der Waals surface area contributed by atoms with Crippen molar-refractivity contribution in [3.05, 3.63) is 88.4 Å². The zero-order valence-electron chi connectivity index (χ0n) is 17.3. The second kappa shape index (κ2) is 10.3. The predicted octanol–water partition coefficient (Wildman–Crippen LogP) is 3.68. The van der Waals surface area contributed by atoms with Gasteiger partial charge in [0.1, 0.15) is 11.5 Å². The van der Waals surface area contributed by atoms with E-state index in [1.165, 1.54) is 26.4 Å². The lowest BCUT2D eigenvalue weighted by Gasteiger charge is -2.11. The van der Waals surface area contributed by atoms with Gasteiger partial charge in [0.25, 0.3) is 17.7 Å². The number of rotatable bonds is 6. The minimum Gasteiger partial charge on any atom is -0.497 e. The first-order valence-corrected chi connectivity index (χ1v) is 9.78. The Morgan fingerprint density at radius 3 is 2.16 bits per heavy atom. The number of nitrogens with one attached hydrogen (secondary N) is 3. The van der Waals surface area contributed by atoms with Gasteiger partial charge in [-0.1, -0.05) is 23.7 Å². The summed E-state index contributed by atoms with van der Waals surface area (Å²) < 4.78 is 10.3. The monoisotopic (exact) mass is 453 g/mol. The summed E-state index contributed by atoms with van der Waals surface area (Å²) in [6, 6.07) is 17.5. The van der Waals surface area contributed by atoms with E-state index in [-0.39, 0.29) is 17.0 Å². The van der Waals surface area contributed by atoms with Gasteiger partial charge in [0.2, 0.25) is 0 Å². The van der Waals surface area contributed by atoms with E-state index in [0.29, 0.717) is 27.8 Å². The smallest absolute Gasteiger partial charge is 0.273 e. The molecule has 0 heterocycles. The zero-order chi connectivity index (χ0) is 23.1. The van der Waals surface area contributed by atoms with Gasteiger partial charge in [0.05, 0.1) is 19.8 Å². The van der Waals surface area contributed by atoms with E-state index in [2.05, 4.69) is 16.2 Å². The van der Waals surface area contributed by atoms with E-state index in [4.69, 9.17) is 21.1 Å². The fraction of sp³-hybridized carbons (Fsp3) is 0.0870. The third kappa shape index (κ3) is 5.55. The maximum Gasteiger partial charge on any atom is 0.273 e. The molecule has 3 N–H and O–H groups in total. The molecule has 164 valence electrons. The summed E-state index contributed by atoms with van der Waals surface area (Å²) in [6.07, 6.45) is 0. The SMILES string of the molecule is COc1cccc(C(=O)Nc2cccc(C(=O)NNC(=O)c3cc(Cl)ccc3OC)c2)c1. The first-order valence-electron chi connectivity index (χ1n) is 9.41. The second-order valence-electron chi connectivity index (χ2n) is 6.52. The second-order valence-corrected chi connectivity index (χ2v) is 6.96. The van der Waals surface area contributed by atoms with Gasteiger partial charge in [0, 0.05) is 21.8 Å². The lowest BCUT2D eigenvalue weighted by atomic mass is 10.1. The highest BCUT2D eigenvalue weighted by Crippen LogP contribution is 2.22. The number of anilines is 1. The van der Waals surface area contributed by atoms with Crippen molar-refractivity contribution in [2.24, 2.45) is 0 Å². The number of benzene rings is 3. The Hall–Kier alpha value is -4.04. The van der Waals surface area contributed by atoms with Crippen molar-refractivity contribution in [1.82, 2.24) is 10.9 Å². The van der Waals surface area contributed by atoms with E-state index >= 15 is 0 Å². The lowest BCUT2D eigenvalue weighted by molar-refractivity contribution is 0.0845. The number of carbonyl (C=O) groups excluding carboxylic acids is 3. The van der Waals surface area contributed by atoms with Crippen LogP contribution < -0.4 is 25.6 Å². The number of amides is 3. The molecule has 3 aromatic rings. The molecular weight excluding hydrogens is 434 g/mol. The van der Waals surface area contributed by atoms with Crippen LogP contribution in [0, 0.1) is 0 Å². The van der Waals surface area contributed by atoms with Crippen molar-refractivity contribution in [2.45, 2.75) is 0 Å².